The number of benzene rings is 7. The van der Waals surface area contributed by atoms with E-state index in [4.69, 9.17) is 13.4 Å². The summed E-state index contributed by atoms with van der Waals surface area (Å²) < 4.78 is 1.44. The maximum absolute atomic E-state index is 5.13. The third-order valence-electron chi connectivity index (χ3n) is 8.54. The molecule has 0 aliphatic carbocycles. The van der Waals surface area contributed by atoms with Gasteiger partial charge in [0.25, 0.3) is 0 Å². The molecule has 0 spiro atoms. The Bertz CT molecular complexity index is 1660. The molecule has 7 aromatic carbocycles. The van der Waals surface area contributed by atoms with Gasteiger partial charge in [-0.1, -0.05) is 0 Å². The minimum absolute atomic E-state index is 1.43. The van der Waals surface area contributed by atoms with Crippen molar-refractivity contribution in [3.8, 4) is 0 Å². The Morgan fingerprint density at radius 3 is 0.630 bits per heavy atom. The molecular weight excluding hydrogens is 753 g/mol. The molecule has 232 valence electrons. The topological polar surface area (TPSA) is 0 Å². The van der Waals surface area contributed by atoms with Crippen LogP contribution in [-0.4, -0.2) is 0 Å². The van der Waals surface area contributed by atoms with E-state index in [0.29, 0.717) is 0 Å². The molecule has 46 heavy (non-hydrogen) atoms. The SMILES string of the molecule is [Br][Pd]([c]1ccccc1)([PH](c1ccccc1)(c1ccccc1)c1ccccc1)[PH](c1ccccc1)(c1ccccc1)c1ccccc1. The summed E-state index contributed by atoms with van der Waals surface area (Å²) in [5.74, 6) is 0. The molecule has 0 aliphatic rings. The standard InChI is InChI=1S/2C18H15P.C6H5.BrH.Pd/c2*1-4-10-16(11-5-1)19(17-12-6-2-7-13-17)18-14-8-3-9-15-18;1-2-4-6-5-3-1;;/h2*1-15H;1-5H;1H;/q;;;;-1/p+1. The van der Waals surface area contributed by atoms with Crippen molar-refractivity contribution in [2.45, 2.75) is 0 Å². The Morgan fingerprint density at radius 2 is 0.435 bits per heavy atom. The van der Waals surface area contributed by atoms with Crippen molar-refractivity contribution in [1.82, 2.24) is 0 Å². The van der Waals surface area contributed by atoms with Crippen molar-refractivity contribution in [3.63, 3.8) is 0 Å². The molecule has 0 aliphatic heterocycles. The summed E-state index contributed by atoms with van der Waals surface area (Å²) in [6.07, 6.45) is 0. The van der Waals surface area contributed by atoms with Gasteiger partial charge in [0.1, 0.15) is 0 Å². The predicted octanol–water partition coefficient (Wildman–Crippen LogP) is 8.06. The predicted molar refractivity (Wildman–Crippen MR) is 208 cm³/mol. The number of rotatable bonds is 9. The molecule has 0 heterocycles. The molecule has 0 saturated carbocycles. The van der Waals surface area contributed by atoms with Gasteiger partial charge >= 0.3 is 285 Å². The van der Waals surface area contributed by atoms with E-state index < -0.39 is 23.4 Å². The summed E-state index contributed by atoms with van der Waals surface area (Å²) in [7, 11) is 0. The van der Waals surface area contributed by atoms with Gasteiger partial charge in [-0.15, -0.1) is 0 Å². The van der Waals surface area contributed by atoms with Gasteiger partial charge in [-0.25, -0.2) is 0 Å². The van der Waals surface area contributed by atoms with Gasteiger partial charge in [0, 0.05) is 0 Å². The molecule has 0 aromatic heterocycles. The van der Waals surface area contributed by atoms with Crippen LogP contribution in [0.3, 0.4) is 0 Å². The summed E-state index contributed by atoms with van der Waals surface area (Å²) >= 11 is 1.90. The van der Waals surface area contributed by atoms with Crippen LogP contribution < -0.4 is 35.9 Å². The van der Waals surface area contributed by atoms with E-state index in [9.17, 15) is 0 Å². The van der Waals surface area contributed by atoms with E-state index in [1.165, 1.54) is 35.9 Å². The molecule has 0 nitrogen and oxygen atoms in total. The molecule has 7 rings (SSSR count). The van der Waals surface area contributed by atoms with Crippen LogP contribution in [-0.2, 0) is 12.5 Å². The van der Waals surface area contributed by atoms with Gasteiger partial charge in [-0.3, -0.25) is 0 Å². The van der Waals surface area contributed by atoms with E-state index in [0.717, 1.165) is 0 Å². The average Bonchev–Trinajstić information content (AvgIpc) is 3.15. The van der Waals surface area contributed by atoms with Crippen LogP contribution in [0.5, 0.6) is 0 Å². The molecule has 0 saturated heterocycles. The average molecular weight is 790 g/mol. The third-order valence-corrected chi connectivity index (χ3v) is 61.5. The van der Waals surface area contributed by atoms with Gasteiger partial charge in [0.05, 0.1) is 0 Å². The molecule has 7 aromatic rings. The van der Waals surface area contributed by atoms with E-state index >= 15 is 0 Å². The Hall–Kier alpha value is -3.46. The van der Waals surface area contributed by atoms with Gasteiger partial charge < -0.3 is 0 Å². The molecule has 0 N–H and O–H groups in total. The second kappa shape index (κ2) is 13.7. The van der Waals surface area contributed by atoms with Gasteiger partial charge in [-0.05, 0) is 0 Å². The minimum atomic E-state index is -3.24. The molecule has 0 atom stereocenters. The van der Waals surface area contributed by atoms with Crippen LogP contribution in [0.25, 0.3) is 0 Å². The summed E-state index contributed by atoms with van der Waals surface area (Å²) in [5.41, 5.74) is -5.95. The zero-order chi connectivity index (χ0) is 31.3. The van der Waals surface area contributed by atoms with Crippen LogP contribution in [0.1, 0.15) is 0 Å². The van der Waals surface area contributed by atoms with Crippen molar-refractivity contribution >= 4 is 60.2 Å². The number of hydrogen-bond acceptors (Lipinski definition) is 0. The van der Waals surface area contributed by atoms with Gasteiger partial charge in [0.15, 0.2) is 0 Å². The fourth-order valence-corrected chi connectivity index (χ4v) is 72.1. The summed E-state index contributed by atoms with van der Waals surface area (Å²) in [6, 6.07) is 80.5. The van der Waals surface area contributed by atoms with Crippen LogP contribution in [0.15, 0.2) is 212 Å². The first-order chi connectivity index (χ1) is 22.7. The van der Waals surface area contributed by atoms with E-state index in [2.05, 4.69) is 212 Å². The van der Waals surface area contributed by atoms with E-state index in [-0.39, 0.29) is 0 Å². The third kappa shape index (κ3) is 5.00. The van der Waals surface area contributed by atoms with Crippen LogP contribution in [0.2, 0.25) is 0 Å². The van der Waals surface area contributed by atoms with Crippen molar-refractivity contribution in [2.24, 2.45) is 0 Å². The Kier molecular flexibility index (Phi) is 9.29. The molecule has 0 unspecified atom stereocenters. The van der Waals surface area contributed by atoms with Crippen molar-refractivity contribution in [1.29, 1.82) is 0 Å². The monoisotopic (exact) mass is 788 g/mol. The normalized spacial score (nSPS) is 14.5. The maximum atomic E-state index is 5.13. The fourth-order valence-electron chi connectivity index (χ4n) is 6.70. The van der Waals surface area contributed by atoms with E-state index in [1.807, 2.05) is 0 Å². The summed E-state index contributed by atoms with van der Waals surface area (Å²) in [6.45, 7) is 0. The first-order valence-corrected chi connectivity index (χ1v) is 28.1. The summed E-state index contributed by atoms with van der Waals surface area (Å²) in [4.78, 5) is 0. The Balaban J connectivity index is 1.82. The van der Waals surface area contributed by atoms with Crippen LogP contribution in [0.4, 0.5) is 0 Å². The zero-order valence-corrected chi connectivity index (χ0v) is 30.5. The second-order valence-electron chi connectivity index (χ2n) is 11.1. The van der Waals surface area contributed by atoms with Gasteiger partial charge in [0.2, 0.25) is 0 Å². The Morgan fingerprint density at radius 1 is 0.261 bits per heavy atom. The quantitative estimate of drug-likeness (QED) is 0.103. The molecule has 0 bridgehead atoms. The fraction of sp³-hybridized carbons (Fsp3) is 0. The molecular formula is C42H37BrP2Pd. The summed E-state index contributed by atoms with van der Waals surface area (Å²) in [5, 5.41) is 8.61. The second-order valence-corrected chi connectivity index (χ2v) is 44.4. The number of halogens is 1. The Labute approximate surface area is 283 Å². The first-order valence-electron chi connectivity index (χ1n) is 15.5. The molecule has 0 fully saturated rings. The molecule has 4 heteroatoms. The zero-order valence-electron chi connectivity index (χ0n) is 25.4. The molecule has 0 radical (unpaired) electrons. The van der Waals surface area contributed by atoms with E-state index in [1.54, 1.807) is 0 Å². The number of hydrogen-bond donors (Lipinski definition) is 0. The first kappa shape index (κ1) is 31.2. The van der Waals surface area contributed by atoms with Crippen molar-refractivity contribution < 1.29 is 12.5 Å². The van der Waals surface area contributed by atoms with Gasteiger partial charge in [-0.2, -0.15) is 0 Å². The molecule has 0 amide bonds. The van der Waals surface area contributed by atoms with Crippen LogP contribution in [0, 0.1) is 0 Å². The van der Waals surface area contributed by atoms with Crippen LogP contribution >= 0.6 is 24.3 Å². The van der Waals surface area contributed by atoms with Crippen molar-refractivity contribution in [3.05, 3.63) is 212 Å². The van der Waals surface area contributed by atoms with Crippen molar-refractivity contribution in [2.75, 3.05) is 0 Å².